The molecular formula is C16H21FN2O4. The molecule has 0 saturated carbocycles. The smallest absolute Gasteiger partial charge is 0.253 e. The predicted octanol–water partition coefficient (Wildman–Crippen LogP) is 0.740. The minimum absolute atomic E-state index is 0.0603. The zero-order valence-electron chi connectivity index (χ0n) is 13.5. The van der Waals surface area contributed by atoms with Gasteiger partial charge in [0.05, 0.1) is 26.7 Å². The number of benzene rings is 1. The molecule has 1 aliphatic rings. The number of morpholine rings is 1. The first-order valence-corrected chi connectivity index (χ1v) is 7.36. The van der Waals surface area contributed by atoms with E-state index in [4.69, 9.17) is 9.47 Å². The Balaban J connectivity index is 2.05. The molecule has 0 bridgehead atoms. The lowest BCUT2D eigenvalue weighted by atomic mass is 10.0. The number of methoxy groups -OCH3 is 1. The minimum Gasteiger partial charge on any atom is -0.494 e. The number of hydrogen-bond acceptors (Lipinski definition) is 4. The van der Waals surface area contributed by atoms with Gasteiger partial charge in [0.15, 0.2) is 17.2 Å². The molecular weight excluding hydrogens is 303 g/mol. The van der Waals surface area contributed by atoms with E-state index in [1.165, 1.54) is 26.3 Å². The van der Waals surface area contributed by atoms with Gasteiger partial charge in [-0.3, -0.25) is 9.59 Å². The molecule has 2 amide bonds. The Labute approximate surface area is 134 Å². The Morgan fingerprint density at radius 3 is 2.83 bits per heavy atom. The SMILES string of the molecule is CNC(=O)[C@]1(C)CN(C(=O)Cc2ccc(OC)c(F)c2)CCO1. The third kappa shape index (κ3) is 3.79. The highest BCUT2D eigenvalue weighted by Crippen LogP contribution is 2.21. The summed E-state index contributed by atoms with van der Waals surface area (Å²) in [5.41, 5.74) is -0.505. The highest BCUT2D eigenvalue weighted by Gasteiger charge is 2.40. The second kappa shape index (κ2) is 6.95. The topological polar surface area (TPSA) is 67.9 Å². The highest BCUT2D eigenvalue weighted by molar-refractivity contribution is 5.86. The van der Waals surface area contributed by atoms with Crippen LogP contribution in [0.1, 0.15) is 12.5 Å². The molecule has 0 spiro atoms. The zero-order valence-corrected chi connectivity index (χ0v) is 13.5. The maximum absolute atomic E-state index is 13.7. The van der Waals surface area contributed by atoms with Gasteiger partial charge in [0.25, 0.3) is 5.91 Å². The van der Waals surface area contributed by atoms with Crippen molar-refractivity contribution in [3.8, 4) is 5.75 Å². The molecule has 1 fully saturated rings. The molecule has 0 radical (unpaired) electrons. The summed E-state index contributed by atoms with van der Waals surface area (Å²) in [5, 5.41) is 2.54. The summed E-state index contributed by atoms with van der Waals surface area (Å²) >= 11 is 0. The number of nitrogens with one attached hydrogen (secondary N) is 1. The zero-order chi connectivity index (χ0) is 17.0. The first-order chi connectivity index (χ1) is 10.9. The molecule has 126 valence electrons. The molecule has 1 aromatic rings. The number of amides is 2. The highest BCUT2D eigenvalue weighted by atomic mass is 19.1. The average molecular weight is 324 g/mol. The number of carbonyl (C=O) groups excluding carboxylic acids is 2. The molecule has 1 N–H and O–H groups in total. The number of carbonyl (C=O) groups is 2. The second-order valence-corrected chi connectivity index (χ2v) is 5.62. The second-order valence-electron chi connectivity index (χ2n) is 5.62. The molecule has 0 unspecified atom stereocenters. The number of halogens is 1. The van der Waals surface area contributed by atoms with E-state index in [2.05, 4.69) is 5.32 Å². The van der Waals surface area contributed by atoms with Crippen molar-refractivity contribution in [1.82, 2.24) is 10.2 Å². The van der Waals surface area contributed by atoms with Crippen molar-refractivity contribution in [2.24, 2.45) is 0 Å². The average Bonchev–Trinajstić information content (AvgIpc) is 2.54. The number of hydrogen-bond donors (Lipinski definition) is 1. The lowest BCUT2D eigenvalue weighted by Gasteiger charge is -2.39. The molecule has 2 rings (SSSR count). The van der Waals surface area contributed by atoms with Crippen molar-refractivity contribution in [3.05, 3.63) is 29.6 Å². The molecule has 6 nitrogen and oxygen atoms in total. The van der Waals surface area contributed by atoms with E-state index in [0.29, 0.717) is 12.1 Å². The molecule has 1 saturated heterocycles. The number of likely N-dealkylation sites (N-methyl/N-ethyl adjacent to an activating group) is 1. The van der Waals surface area contributed by atoms with Gasteiger partial charge in [-0.15, -0.1) is 0 Å². The van der Waals surface area contributed by atoms with Crippen molar-refractivity contribution in [2.45, 2.75) is 18.9 Å². The molecule has 1 atom stereocenters. The molecule has 1 aromatic carbocycles. The fourth-order valence-corrected chi connectivity index (χ4v) is 2.59. The standard InChI is InChI=1S/C16H21FN2O4/c1-16(15(21)18-2)10-19(6-7-23-16)14(20)9-11-4-5-13(22-3)12(17)8-11/h4-5,8H,6-7,9-10H2,1-3H3,(H,18,21)/t16-/m0/s1. The number of rotatable bonds is 4. The van der Waals surface area contributed by atoms with Crippen LogP contribution in [0, 0.1) is 5.82 Å². The van der Waals surface area contributed by atoms with Crippen LogP contribution in [0.4, 0.5) is 4.39 Å². The Kier molecular flexibility index (Phi) is 5.20. The molecule has 7 heteroatoms. The molecule has 0 aromatic heterocycles. The lowest BCUT2D eigenvalue weighted by Crippen LogP contribution is -2.59. The van der Waals surface area contributed by atoms with Crippen LogP contribution in [0.25, 0.3) is 0 Å². The van der Waals surface area contributed by atoms with Crippen LogP contribution in [-0.4, -0.2) is 56.2 Å². The van der Waals surface area contributed by atoms with Gasteiger partial charge in [-0.2, -0.15) is 0 Å². The van der Waals surface area contributed by atoms with Crippen LogP contribution < -0.4 is 10.1 Å². The van der Waals surface area contributed by atoms with Crippen molar-refractivity contribution in [3.63, 3.8) is 0 Å². The summed E-state index contributed by atoms with van der Waals surface area (Å²) in [6.45, 7) is 2.51. The van der Waals surface area contributed by atoms with Crippen molar-refractivity contribution >= 4 is 11.8 Å². The summed E-state index contributed by atoms with van der Waals surface area (Å²) in [6, 6.07) is 4.43. The molecule has 1 heterocycles. The van der Waals surface area contributed by atoms with Gasteiger partial charge in [-0.05, 0) is 24.6 Å². The van der Waals surface area contributed by atoms with Crippen LogP contribution in [0.2, 0.25) is 0 Å². The van der Waals surface area contributed by atoms with E-state index in [0.717, 1.165) is 0 Å². The summed E-state index contributed by atoms with van der Waals surface area (Å²) in [7, 11) is 2.91. The Morgan fingerprint density at radius 2 is 2.22 bits per heavy atom. The van der Waals surface area contributed by atoms with Gasteiger partial charge in [-0.1, -0.05) is 6.07 Å². The quantitative estimate of drug-likeness (QED) is 0.887. The van der Waals surface area contributed by atoms with E-state index in [1.807, 2.05) is 0 Å². The normalized spacial score (nSPS) is 21.0. The van der Waals surface area contributed by atoms with Crippen LogP contribution in [0.3, 0.4) is 0 Å². The number of nitrogens with zero attached hydrogens (tertiary/aromatic N) is 1. The largest absolute Gasteiger partial charge is 0.494 e. The van der Waals surface area contributed by atoms with E-state index >= 15 is 0 Å². The fourth-order valence-electron chi connectivity index (χ4n) is 2.59. The van der Waals surface area contributed by atoms with E-state index in [-0.39, 0.29) is 37.1 Å². The van der Waals surface area contributed by atoms with Crippen LogP contribution in [-0.2, 0) is 20.7 Å². The fraction of sp³-hybridized carbons (Fsp3) is 0.500. The third-order valence-corrected chi connectivity index (χ3v) is 3.91. The van der Waals surface area contributed by atoms with Crippen molar-refractivity contribution < 1.29 is 23.5 Å². The van der Waals surface area contributed by atoms with Crippen molar-refractivity contribution in [1.29, 1.82) is 0 Å². The lowest BCUT2D eigenvalue weighted by molar-refractivity contribution is -0.162. The van der Waals surface area contributed by atoms with Gasteiger partial charge >= 0.3 is 0 Å². The predicted molar refractivity (Wildman–Crippen MR) is 81.7 cm³/mol. The Hall–Kier alpha value is -2.15. The number of ether oxygens (including phenoxy) is 2. The van der Waals surface area contributed by atoms with E-state index in [1.54, 1.807) is 17.9 Å². The van der Waals surface area contributed by atoms with Gasteiger partial charge in [0.1, 0.15) is 0 Å². The van der Waals surface area contributed by atoms with Gasteiger partial charge in [-0.25, -0.2) is 4.39 Å². The summed E-state index contributed by atoms with van der Waals surface area (Å²) in [5.74, 6) is -0.812. The Bertz CT molecular complexity index is 608. The third-order valence-electron chi connectivity index (χ3n) is 3.91. The van der Waals surface area contributed by atoms with Gasteiger partial charge < -0.3 is 19.7 Å². The molecule has 0 aliphatic carbocycles. The molecule has 1 aliphatic heterocycles. The molecule has 23 heavy (non-hydrogen) atoms. The van der Waals surface area contributed by atoms with Gasteiger partial charge in [0, 0.05) is 13.6 Å². The first-order valence-electron chi connectivity index (χ1n) is 7.36. The summed E-state index contributed by atoms with van der Waals surface area (Å²) < 4.78 is 24.1. The summed E-state index contributed by atoms with van der Waals surface area (Å²) in [6.07, 6.45) is 0.0603. The first kappa shape index (κ1) is 17.2. The maximum atomic E-state index is 13.7. The van der Waals surface area contributed by atoms with Crippen LogP contribution in [0.5, 0.6) is 5.75 Å². The summed E-state index contributed by atoms with van der Waals surface area (Å²) in [4.78, 5) is 25.9. The maximum Gasteiger partial charge on any atom is 0.253 e. The Morgan fingerprint density at radius 1 is 1.48 bits per heavy atom. The van der Waals surface area contributed by atoms with Crippen molar-refractivity contribution in [2.75, 3.05) is 33.9 Å². The van der Waals surface area contributed by atoms with Gasteiger partial charge in [0.2, 0.25) is 5.91 Å². The van der Waals surface area contributed by atoms with Crippen LogP contribution in [0.15, 0.2) is 18.2 Å². The monoisotopic (exact) mass is 324 g/mol. The van der Waals surface area contributed by atoms with E-state index < -0.39 is 11.4 Å². The van der Waals surface area contributed by atoms with Crippen LogP contribution >= 0.6 is 0 Å². The van der Waals surface area contributed by atoms with E-state index in [9.17, 15) is 14.0 Å². The minimum atomic E-state index is -1.06.